The van der Waals surface area contributed by atoms with Gasteiger partial charge in [-0.1, -0.05) is 23.7 Å². The van der Waals surface area contributed by atoms with Crippen LogP contribution in [-0.2, 0) is 12.8 Å². The molecule has 0 spiro atoms. The van der Waals surface area contributed by atoms with Crippen LogP contribution in [0.5, 0.6) is 5.75 Å². The van der Waals surface area contributed by atoms with Gasteiger partial charge in [-0.3, -0.25) is 0 Å². The fourth-order valence-corrected chi connectivity index (χ4v) is 3.10. The van der Waals surface area contributed by atoms with Gasteiger partial charge in [0.1, 0.15) is 11.6 Å². The van der Waals surface area contributed by atoms with E-state index in [1.54, 1.807) is 6.07 Å². The standard InChI is InChI=1S/C16H13Cl2FO/c17-12-8-11-4-5-20-16(11)14(9-12)15(18)7-10-2-1-3-13(19)6-10/h1-3,6,8-9,15H,4-5,7H2. The highest BCUT2D eigenvalue weighted by Crippen LogP contribution is 2.39. The average Bonchev–Trinajstić information content (AvgIpc) is 2.85. The van der Waals surface area contributed by atoms with Crippen LogP contribution in [0.25, 0.3) is 0 Å². The van der Waals surface area contributed by atoms with Gasteiger partial charge >= 0.3 is 0 Å². The molecule has 0 saturated heterocycles. The first-order valence-corrected chi connectivity index (χ1v) is 7.28. The molecule has 20 heavy (non-hydrogen) atoms. The lowest BCUT2D eigenvalue weighted by molar-refractivity contribution is 0.353. The Kier molecular flexibility index (Phi) is 3.86. The zero-order valence-electron chi connectivity index (χ0n) is 10.7. The van der Waals surface area contributed by atoms with Crippen LogP contribution >= 0.6 is 23.2 Å². The molecule has 1 atom stereocenters. The molecule has 0 aromatic heterocycles. The summed E-state index contributed by atoms with van der Waals surface area (Å²) in [7, 11) is 0. The second-order valence-electron chi connectivity index (χ2n) is 4.88. The fraction of sp³-hybridized carbons (Fsp3) is 0.250. The van der Waals surface area contributed by atoms with Crippen LogP contribution in [0.15, 0.2) is 36.4 Å². The van der Waals surface area contributed by atoms with Crippen molar-refractivity contribution in [3.05, 3.63) is 63.9 Å². The van der Waals surface area contributed by atoms with E-state index in [1.807, 2.05) is 18.2 Å². The van der Waals surface area contributed by atoms with Gasteiger partial charge in [0, 0.05) is 17.0 Å². The van der Waals surface area contributed by atoms with Crippen molar-refractivity contribution in [3.63, 3.8) is 0 Å². The Morgan fingerprint density at radius 3 is 2.90 bits per heavy atom. The lowest BCUT2D eigenvalue weighted by atomic mass is 10.0. The highest BCUT2D eigenvalue weighted by atomic mass is 35.5. The molecule has 0 N–H and O–H groups in total. The molecule has 1 aliphatic heterocycles. The predicted octanol–water partition coefficient (Wildman–Crippen LogP) is 4.94. The normalized spacial score (nSPS) is 14.8. The molecule has 2 aromatic carbocycles. The van der Waals surface area contributed by atoms with Crippen molar-refractivity contribution >= 4 is 23.2 Å². The Bertz CT molecular complexity index is 642. The van der Waals surface area contributed by atoms with Crippen LogP contribution < -0.4 is 4.74 Å². The van der Waals surface area contributed by atoms with Crippen LogP contribution in [0, 0.1) is 5.82 Å². The molecule has 0 saturated carbocycles. The van der Waals surface area contributed by atoms with E-state index in [-0.39, 0.29) is 11.2 Å². The summed E-state index contributed by atoms with van der Waals surface area (Å²) in [5.41, 5.74) is 2.84. The maximum absolute atomic E-state index is 13.2. The molecule has 1 nitrogen and oxygen atoms in total. The summed E-state index contributed by atoms with van der Waals surface area (Å²) in [5.74, 6) is 0.588. The molecule has 0 aliphatic carbocycles. The zero-order chi connectivity index (χ0) is 14.1. The van der Waals surface area contributed by atoms with Crippen molar-refractivity contribution in [2.75, 3.05) is 6.61 Å². The largest absolute Gasteiger partial charge is 0.493 e. The molecule has 1 aliphatic rings. The maximum Gasteiger partial charge on any atom is 0.127 e. The van der Waals surface area contributed by atoms with E-state index >= 15 is 0 Å². The molecule has 0 radical (unpaired) electrons. The Hall–Kier alpha value is -1.25. The Morgan fingerprint density at radius 2 is 2.10 bits per heavy atom. The van der Waals surface area contributed by atoms with Gasteiger partial charge in [0.25, 0.3) is 0 Å². The van der Waals surface area contributed by atoms with E-state index < -0.39 is 0 Å². The van der Waals surface area contributed by atoms with Crippen molar-refractivity contribution in [1.29, 1.82) is 0 Å². The Morgan fingerprint density at radius 1 is 1.25 bits per heavy atom. The molecule has 0 fully saturated rings. The molecule has 3 rings (SSSR count). The van der Waals surface area contributed by atoms with Crippen LogP contribution in [0.3, 0.4) is 0 Å². The van der Waals surface area contributed by atoms with Crippen LogP contribution in [0.1, 0.15) is 22.1 Å². The zero-order valence-corrected chi connectivity index (χ0v) is 12.2. The first-order valence-electron chi connectivity index (χ1n) is 6.47. The number of hydrogen-bond acceptors (Lipinski definition) is 1. The summed E-state index contributed by atoms with van der Waals surface area (Å²) in [6.45, 7) is 0.659. The van der Waals surface area contributed by atoms with Gasteiger partial charge in [-0.15, -0.1) is 11.6 Å². The monoisotopic (exact) mass is 310 g/mol. The van der Waals surface area contributed by atoms with Crippen molar-refractivity contribution in [1.82, 2.24) is 0 Å². The van der Waals surface area contributed by atoms with E-state index in [0.29, 0.717) is 18.1 Å². The quantitative estimate of drug-likeness (QED) is 0.730. The third kappa shape index (κ3) is 2.77. The number of fused-ring (bicyclic) bond motifs is 1. The van der Waals surface area contributed by atoms with Crippen molar-refractivity contribution < 1.29 is 9.13 Å². The summed E-state index contributed by atoms with van der Waals surface area (Å²) in [5, 5.41) is 0.372. The highest BCUT2D eigenvalue weighted by Gasteiger charge is 2.22. The molecule has 1 heterocycles. The van der Waals surface area contributed by atoms with Gasteiger partial charge in [-0.05, 0) is 41.8 Å². The van der Waals surface area contributed by atoms with E-state index in [4.69, 9.17) is 27.9 Å². The molecule has 4 heteroatoms. The predicted molar refractivity (Wildman–Crippen MR) is 79.3 cm³/mol. The highest BCUT2D eigenvalue weighted by molar-refractivity contribution is 6.31. The average molecular weight is 311 g/mol. The van der Waals surface area contributed by atoms with E-state index in [2.05, 4.69) is 0 Å². The van der Waals surface area contributed by atoms with Crippen LogP contribution in [0.4, 0.5) is 4.39 Å². The van der Waals surface area contributed by atoms with Gasteiger partial charge in [0.05, 0.1) is 12.0 Å². The molecule has 104 valence electrons. The minimum absolute atomic E-state index is 0.251. The van der Waals surface area contributed by atoms with Gasteiger partial charge in [-0.25, -0.2) is 4.39 Å². The van der Waals surface area contributed by atoms with Gasteiger partial charge in [0.15, 0.2) is 0 Å². The Balaban J connectivity index is 1.89. The number of rotatable bonds is 3. The van der Waals surface area contributed by atoms with Gasteiger partial charge in [0.2, 0.25) is 0 Å². The third-order valence-corrected chi connectivity index (χ3v) is 4.03. The van der Waals surface area contributed by atoms with Crippen molar-refractivity contribution in [2.45, 2.75) is 18.2 Å². The molecular formula is C16H13Cl2FO. The first-order chi connectivity index (χ1) is 9.63. The number of ether oxygens (including phenoxy) is 1. The second kappa shape index (κ2) is 5.63. The summed E-state index contributed by atoms with van der Waals surface area (Å²) < 4.78 is 18.9. The number of halogens is 3. The summed E-state index contributed by atoms with van der Waals surface area (Å²) in [6, 6.07) is 10.2. The molecule has 0 amide bonds. The Labute approximate surface area is 127 Å². The smallest absolute Gasteiger partial charge is 0.127 e. The molecule has 0 bridgehead atoms. The molecular weight excluding hydrogens is 298 g/mol. The minimum atomic E-state index is -0.289. The topological polar surface area (TPSA) is 9.23 Å². The van der Waals surface area contributed by atoms with E-state index in [9.17, 15) is 4.39 Å². The number of benzene rings is 2. The van der Waals surface area contributed by atoms with Crippen LogP contribution in [0.2, 0.25) is 5.02 Å². The molecule has 1 unspecified atom stereocenters. The summed E-state index contributed by atoms with van der Waals surface area (Å²) in [6.07, 6.45) is 1.39. The number of hydrogen-bond donors (Lipinski definition) is 0. The minimum Gasteiger partial charge on any atom is -0.493 e. The third-order valence-electron chi connectivity index (χ3n) is 3.42. The SMILES string of the molecule is Fc1cccc(CC(Cl)c2cc(Cl)cc3c2OCC3)c1. The summed E-state index contributed by atoms with van der Waals surface area (Å²) in [4.78, 5) is 0. The van der Waals surface area contributed by atoms with Crippen molar-refractivity contribution in [2.24, 2.45) is 0 Å². The lowest BCUT2D eigenvalue weighted by Crippen LogP contribution is -1.99. The second-order valence-corrected chi connectivity index (χ2v) is 5.85. The fourth-order valence-electron chi connectivity index (χ4n) is 2.51. The van der Waals surface area contributed by atoms with E-state index in [1.165, 1.54) is 12.1 Å². The maximum atomic E-state index is 13.2. The lowest BCUT2D eigenvalue weighted by Gasteiger charge is -2.14. The van der Waals surface area contributed by atoms with Crippen molar-refractivity contribution in [3.8, 4) is 5.75 Å². The van der Waals surface area contributed by atoms with Crippen LogP contribution in [-0.4, -0.2) is 6.61 Å². The van der Waals surface area contributed by atoms with E-state index in [0.717, 1.165) is 28.9 Å². The summed E-state index contributed by atoms with van der Waals surface area (Å²) >= 11 is 12.6. The molecule has 2 aromatic rings. The van der Waals surface area contributed by atoms with Gasteiger partial charge in [-0.2, -0.15) is 0 Å². The first kappa shape index (κ1) is 13.7. The number of alkyl halides is 1. The van der Waals surface area contributed by atoms with Gasteiger partial charge < -0.3 is 4.74 Å².